The van der Waals surface area contributed by atoms with Gasteiger partial charge in [0.05, 0.1) is 0 Å². The first-order valence-electron chi connectivity index (χ1n) is 4.40. The van der Waals surface area contributed by atoms with Crippen LogP contribution >= 0.6 is 0 Å². The SMILES string of the molecule is CC1CCCN1CCN(C)N. The van der Waals surface area contributed by atoms with Gasteiger partial charge >= 0.3 is 0 Å². The highest BCUT2D eigenvalue weighted by Crippen LogP contribution is 2.15. The molecule has 1 rings (SSSR count). The third-order valence-electron chi connectivity index (χ3n) is 2.43. The molecule has 0 aromatic heterocycles. The molecule has 0 aliphatic carbocycles. The van der Waals surface area contributed by atoms with E-state index < -0.39 is 0 Å². The monoisotopic (exact) mass is 157 g/mol. The van der Waals surface area contributed by atoms with Crippen LogP contribution in [-0.2, 0) is 0 Å². The molecule has 1 saturated heterocycles. The molecule has 0 amide bonds. The number of likely N-dealkylation sites (N-methyl/N-ethyl adjacent to an activating group) is 1. The molecule has 3 heteroatoms. The molecule has 0 radical (unpaired) electrons. The Hall–Kier alpha value is -0.120. The van der Waals surface area contributed by atoms with Gasteiger partial charge < -0.3 is 0 Å². The van der Waals surface area contributed by atoms with Gasteiger partial charge in [-0.15, -0.1) is 0 Å². The van der Waals surface area contributed by atoms with Crippen molar-refractivity contribution in [1.29, 1.82) is 0 Å². The van der Waals surface area contributed by atoms with Crippen molar-refractivity contribution in [3.63, 3.8) is 0 Å². The third kappa shape index (κ3) is 2.77. The predicted molar refractivity (Wildman–Crippen MR) is 47.1 cm³/mol. The van der Waals surface area contributed by atoms with Crippen molar-refractivity contribution in [2.45, 2.75) is 25.8 Å². The van der Waals surface area contributed by atoms with Crippen molar-refractivity contribution < 1.29 is 0 Å². The summed E-state index contributed by atoms with van der Waals surface area (Å²) in [5.74, 6) is 5.52. The lowest BCUT2D eigenvalue weighted by Crippen LogP contribution is -2.37. The summed E-state index contributed by atoms with van der Waals surface area (Å²) in [4.78, 5) is 2.50. The predicted octanol–water partition coefficient (Wildman–Crippen LogP) is 0.276. The summed E-state index contributed by atoms with van der Waals surface area (Å²) in [6.07, 6.45) is 2.71. The lowest BCUT2D eigenvalue weighted by Gasteiger charge is -2.22. The van der Waals surface area contributed by atoms with Gasteiger partial charge in [0.15, 0.2) is 0 Å². The Bertz CT molecular complexity index is 114. The molecular formula is C8H19N3. The zero-order valence-electron chi connectivity index (χ0n) is 7.58. The number of nitrogens with zero attached hydrogens (tertiary/aromatic N) is 2. The molecule has 0 spiro atoms. The van der Waals surface area contributed by atoms with E-state index in [2.05, 4.69) is 11.8 Å². The summed E-state index contributed by atoms with van der Waals surface area (Å²) in [6.45, 7) is 5.65. The highest BCUT2D eigenvalue weighted by molar-refractivity contribution is 4.75. The highest BCUT2D eigenvalue weighted by Gasteiger charge is 2.19. The van der Waals surface area contributed by atoms with Crippen LogP contribution in [0.4, 0.5) is 0 Å². The summed E-state index contributed by atoms with van der Waals surface area (Å²) < 4.78 is 0. The van der Waals surface area contributed by atoms with Crippen LogP contribution in [-0.4, -0.2) is 42.6 Å². The van der Waals surface area contributed by atoms with E-state index in [9.17, 15) is 0 Å². The van der Waals surface area contributed by atoms with Crippen LogP contribution in [0.2, 0.25) is 0 Å². The van der Waals surface area contributed by atoms with E-state index in [-0.39, 0.29) is 0 Å². The average Bonchev–Trinajstić information content (AvgIpc) is 2.31. The second-order valence-corrected chi connectivity index (χ2v) is 3.51. The van der Waals surface area contributed by atoms with E-state index in [1.807, 2.05) is 7.05 Å². The second-order valence-electron chi connectivity index (χ2n) is 3.51. The van der Waals surface area contributed by atoms with Crippen LogP contribution in [0, 0.1) is 0 Å². The number of likely N-dealkylation sites (tertiary alicyclic amines) is 1. The molecule has 2 N–H and O–H groups in total. The van der Waals surface area contributed by atoms with E-state index in [1.54, 1.807) is 5.01 Å². The number of hydrogen-bond donors (Lipinski definition) is 1. The quantitative estimate of drug-likeness (QED) is 0.471. The molecule has 1 unspecified atom stereocenters. The van der Waals surface area contributed by atoms with E-state index in [1.165, 1.54) is 19.4 Å². The Morgan fingerprint density at radius 1 is 1.64 bits per heavy atom. The minimum atomic E-state index is 0.773. The lowest BCUT2D eigenvalue weighted by atomic mass is 10.2. The summed E-state index contributed by atoms with van der Waals surface area (Å²) in [5, 5.41) is 1.76. The maximum absolute atomic E-state index is 5.52. The molecule has 1 fully saturated rings. The fourth-order valence-electron chi connectivity index (χ4n) is 1.61. The van der Waals surface area contributed by atoms with E-state index in [0.717, 1.165) is 19.1 Å². The average molecular weight is 157 g/mol. The van der Waals surface area contributed by atoms with Crippen molar-refractivity contribution in [3.05, 3.63) is 0 Å². The van der Waals surface area contributed by atoms with Crippen LogP contribution in [0.5, 0.6) is 0 Å². The van der Waals surface area contributed by atoms with E-state index in [0.29, 0.717) is 0 Å². The van der Waals surface area contributed by atoms with Crippen LogP contribution in [0.1, 0.15) is 19.8 Å². The van der Waals surface area contributed by atoms with Crippen molar-refractivity contribution in [2.75, 3.05) is 26.7 Å². The zero-order valence-corrected chi connectivity index (χ0v) is 7.58. The lowest BCUT2D eigenvalue weighted by molar-refractivity contribution is 0.223. The minimum Gasteiger partial charge on any atom is -0.299 e. The van der Waals surface area contributed by atoms with Gasteiger partial charge in [0.2, 0.25) is 0 Å². The summed E-state index contributed by atoms with van der Waals surface area (Å²) in [6, 6.07) is 0.773. The van der Waals surface area contributed by atoms with Crippen molar-refractivity contribution in [1.82, 2.24) is 9.91 Å². The second kappa shape index (κ2) is 4.04. The number of nitrogens with two attached hydrogens (primary N) is 1. The maximum Gasteiger partial charge on any atom is 0.0253 e. The van der Waals surface area contributed by atoms with Crippen LogP contribution < -0.4 is 5.84 Å². The molecule has 1 atom stereocenters. The molecule has 1 heterocycles. The summed E-state index contributed by atoms with van der Waals surface area (Å²) >= 11 is 0. The maximum atomic E-state index is 5.52. The molecule has 11 heavy (non-hydrogen) atoms. The minimum absolute atomic E-state index is 0.773. The number of hydrazine groups is 1. The van der Waals surface area contributed by atoms with Gasteiger partial charge in [-0.3, -0.25) is 10.7 Å². The van der Waals surface area contributed by atoms with Crippen LogP contribution in [0.25, 0.3) is 0 Å². The van der Waals surface area contributed by atoms with Crippen molar-refractivity contribution in [2.24, 2.45) is 5.84 Å². The molecule has 1 aliphatic heterocycles. The van der Waals surface area contributed by atoms with Crippen molar-refractivity contribution >= 4 is 0 Å². The first-order valence-corrected chi connectivity index (χ1v) is 4.40. The van der Waals surface area contributed by atoms with Crippen molar-refractivity contribution in [3.8, 4) is 0 Å². The molecular weight excluding hydrogens is 138 g/mol. The molecule has 0 bridgehead atoms. The first kappa shape index (κ1) is 8.97. The van der Waals surface area contributed by atoms with E-state index >= 15 is 0 Å². The fraction of sp³-hybridized carbons (Fsp3) is 1.00. The molecule has 66 valence electrons. The smallest absolute Gasteiger partial charge is 0.0253 e. The first-order chi connectivity index (χ1) is 5.20. The molecule has 3 nitrogen and oxygen atoms in total. The zero-order chi connectivity index (χ0) is 8.27. The number of rotatable bonds is 3. The van der Waals surface area contributed by atoms with Gasteiger partial charge in [0, 0.05) is 26.2 Å². The van der Waals surface area contributed by atoms with E-state index in [4.69, 9.17) is 5.84 Å². The van der Waals surface area contributed by atoms with Gasteiger partial charge in [-0.1, -0.05) is 0 Å². The van der Waals surface area contributed by atoms with Gasteiger partial charge in [-0.05, 0) is 26.3 Å². The highest BCUT2D eigenvalue weighted by atomic mass is 15.4. The Kier molecular flexibility index (Phi) is 3.30. The Labute approximate surface area is 69.1 Å². The topological polar surface area (TPSA) is 32.5 Å². The summed E-state index contributed by atoms with van der Waals surface area (Å²) in [7, 11) is 1.92. The largest absolute Gasteiger partial charge is 0.299 e. The van der Waals surface area contributed by atoms with Crippen LogP contribution in [0.3, 0.4) is 0 Å². The van der Waals surface area contributed by atoms with Gasteiger partial charge in [0.1, 0.15) is 0 Å². The molecule has 1 aliphatic rings. The molecule has 0 aromatic carbocycles. The fourth-order valence-corrected chi connectivity index (χ4v) is 1.61. The Morgan fingerprint density at radius 3 is 2.82 bits per heavy atom. The standard InChI is InChI=1S/C8H19N3/c1-8-4-3-5-11(8)7-6-10(2)9/h8H,3-7,9H2,1-2H3. The normalized spacial score (nSPS) is 26.7. The molecule has 0 aromatic rings. The summed E-state index contributed by atoms with van der Waals surface area (Å²) in [5.41, 5.74) is 0. The molecule has 0 saturated carbocycles. The Morgan fingerprint density at radius 2 is 2.36 bits per heavy atom. The van der Waals surface area contributed by atoms with Gasteiger partial charge in [0.25, 0.3) is 0 Å². The van der Waals surface area contributed by atoms with Gasteiger partial charge in [-0.25, -0.2) is 5.01 Å². The van der Waals surface area contributed by atoms with Crippen LogP contribution in [0.15, 0.2) is 0 Å². The third-order valence-corrected chi connectivity index (χ3v) is 2.43. The van der Waals surface area contributed by atoms with Gasteiger partial charge in [-0.2, -0.15) is 0 Å². The number of hydrogen-bond acceptors (Lipinski definition) is 3. The Balaban J connectivity index is 2.15.